The lowest BCUT2D eigenvalue weighted by Gasteiger charge is -2.18. The minimum Gasteiger partial charge on any atom is -0.350 e. The number of nitrogens with zero attached hydrogens (tertiary/aromatic N) is 2. The van der Waals surface area contributed by atoms with E-state index in [1.54, 1.807) is 43.4 Å². The summed E-state index contributed by atoms with van der Waals surface area (Å²) < 4.78 is 28.2. The van der Waals surface area contributed by atoms with Gasteiger partial charge in [-0.1, -0.05) is 31.2 Å². The maximum Gasteiger partial charge on any atom is 0.285 e. The van der Waals surface area contributed by atoms with Gasteiger partial charge in [0.2, 0.25) is 5.91 Å². The molecule has 164 valence electrons. The van der Waals surface area contributed by atoms with Crippen molar-refractivity contribution in [3.05, 3.63) is 65.2 Å². The van der Waals surface area contributed by atoms with E-state index in [1.807, 2.05) is 19.9 Å². The number of sulfonamides is 1. The van der Waals surface area contributed by atoms with Crippen molar-refractivity contribution in [3.8, 4) is 0 Å². The summed E-state index contributed by atoms with van der Waals surface area (Å²) >= 11 is 0. The number of carbonyl (C=O) groups excluding carboxylic acids is 2. The molecular weight excluding hydrogens is 416 g/mol. The van der Waals surface area contributed by atoms with E-state index in [4.69, 9.17) is 0 Å². The molecule has 1 aliphatic heterocycles. The Morgan fingerprint density at radius 3 is 2.61 bits per heavy atom. The van der Waals surface area contributed by atoms with E-state index < -0.39 is 10.0 Å². The van der Waals surface area contributed by atoms with E-state index in [0.29, 0.717) is 11.1 Å². The third kappa shape index (κ3) is 5.29. The van der Waals surface area contributed by atoms with Gasteiger partial charge in [-0.3, -0.25) is 9.59 Å². The Balaban J connectivity index is 1.60. The van der Waals surface area contributed by atoms with Crippen LogP contribution in [-0.4, -0.2) is 50.6 Å². The molecule has 31 heavy (non-hydrogen) atoms. The number of amidine groups is 1. The summed E-state index contributed by atoms with van der Waals surface area (Å²) in [6.45, 7) is 4.13. The first-order chi connectivity index (χ1) is 14.7. The normalized spacial score (nSPS) is 14.9. The fourth-order valence-electron chi connectivity index (χ4n) is 3.14. The maximum absolute atomic E-state index is 12.4. The molecule has 3 rings (SSSR count). The van der Waals surface area contributed by atoms with E-state index in [-0.39, 0.29) is 41.7 Å². The van der Waals surface area contributed by atoms with Crippen LogP contribution < -0.4 is 10.6 Å². The van der Waals surface area contributed by atoms with E-state index in [1.165, 1.54) is 11.0 Å². The summed E-state index contributed by atoms with van der Waals surface area (Å²) in [6, 6.07) is 13.7. The van der Waals surface area contributed by atoms with Crippen LogP contribution >= 0.6 is 0 Å². The van der Waals surface area contributed by atoms with Crippen molar-refractivity contribution >= 4 is 27.7 Å². The highest BCUT2D eigenvalue weighted by Gasteiger charge is 2.30. The smallest absolute Gasteiger partial charge is 0.285 e. The summed E-state index contributed by atoms with van der Waals surface area (Å²) in [5.41, 5.74) is 1.81. The number of hydrogen-bond donors (Lipinski definition) is 2. The van der Waals surface area contributed by atoms with Gasteiger partial charge in [0.1, 0.15) is 4.90 Å². The highest BCUT2D eigenvalue weighted by molar-refractivity contribution is 7.90. The zero-order valence-corrected chi connectivity index (χ0v) is 18.6. The largest absolute Gasteiger partial charge is 0.350 e. The Morgan fingerprint density at radius 2 is 1.87 bits per heavy atom. The zero-order valence-electron chi connectivity index (χ0n) is 17.8. The van der Waals surface area contributed by atoms with Gasteiger partial charge >= 0.3 is 0 Å². The fraction of sp³-hybridized carbons (Fsp3) is 0.318. The van der Waals surface area contributed by atoms with Gasteiger partial charge < -0.3 is 15.5 Å². The lowest BCUT2D eigenvalue weighted by molar-refractivity contribution is -0.121. The molecule has 0 fully saturated rings. The topological polar surface area (TPSA) is 108 Å². The zero-order chi connectivity index (χ0) is 22.6. The summed E-state index contributed by atoms with van der Waals surface area (Å²) in [7, 11) is -2.12. The second-order valence-corrected chi connectivity index (χ2v) is 9.07. The molecule has 2 aromatic carbocycles. The molecule has 0 bridgehead atoms. The predicted molar refractivity (Wildman–Crippen MR) is 118 cm³/mol. The molecule has 1 aliphatic rings. The Morgan fingerprint density at radius 1 is 1.13 bits per heavy atom. The van der Waals surface area contributed by atoms with Gasteiger partial charge in [-0.15, -0.1) is 4.40 Å². The third-order valence-corrected chi connectivity index (χ3v) is 6.35. The first-order valence-electron chi connectivity index (χ1n) is 10.0. The molecule has 8 nitrogen and oxygen atoms in total. The molecule has 0 saturated heterocycles. The Kier molecular flexibility index (Phi) is 6.74. The number of hydrogen-bond acceptors (Lipinski definition) is 5. The van der Waals surface area contributed by atoms with Crippen molar-refractivity contribution in [3.63, 3.8) is 0 Å². The van der Waals surface area contributed by atoms with Crippen molar-refractivity contribution in [2.75, 3.05) is 13.6 Å². The fourth-order valence-corrected chi connectivity index (χ4v) is 4.39. The van der Waals surface area contributed by atoms with Gasteiger partial charge in [0.05, 0.1) is 6.54 Å². The lowest BCUT2D eigenvalue weighted by atomic mass is 10.1. The number of likely N-dealkylation sites (N-methyl/N-ethyl adjacent to an activating group) is 1. The summed E-state index contributed by atoms with van der Waals surface area (Å²) in [4.78, 5) is 26.4. The minimum absolute atomic E-state index is 0.0587. The number of rotatable bonds is 7. The van der Waals surface area contributed by atoms with E-state index in [9.17, 15) is 18.0 Å². The second kappa shape index (κ2) is 9.30. The van der Waals surface area contributed by atoms with Crippen molar-refractivity contribution in [2.45, 2.75) is 37.8 Å². The second-order valence-electron chi connectivity index (χ2n) is 7.50. The molecule has 2 N–H and O–H groups in total. The third-order valence-electron chi connectivity index (χ3n) is 5.02. The molecule has 0 spiro atoms. The van der Waals surface area contributed by atoms with Gasteiger partial charge in [-0.2, -0.15) is 8.42 Å². The highest BCUT2D eigenvalue weighted by Crippen LogP contribution is 2.26. The molecule has 0 aliphatic carbocycles. The number of nitrogens with one attached hydrogen (secondary N) is 2. The molecule has 1 atom stereocenters. The standard InChI is InChI=1S/C22H26N4O4S/c1-4-15(2)24-22(28)17-9-7-8-16(12-17)13-23-20(27)14-26(3)21-18-10-5-6-11-19(18)31(29,30)25-21/h5-12,15H,4,13-14H2,1-3H3,(H,23,27)(H,24,28)/t15-/m0/s1. The van der Waals surface area contributed by atoms with Gasteiger partial charge in [-0.25, -0.2) is 0 Å². The Labute approximate surface area is 182 Å². The van der Waals surface area contributed by atoms with Crippen molar-refractivity contribution in [1.82, 2.24) is 15.5 Å². The average molecular weight is 443 g/mol. The SMILES string of the molecule is CC[C@H](C)NC(=O)c1cccc(CNC(=O)CN(C)C2=NS(=O)(=O)c3ccccc32)c1. The van der Waals surface area contributed by atoms with Crippen LogP contribution in [0, 0.1) is 0 Å². The predicted octanol–water partition coefficient (Wildman–Crippen LogP) is 1.91. The number of fused-ring (bicyclic) bond motifs is 1. The molecule has 2 amide bonds. The molecule has 0 saturated carbocycles. The van der Waals surface area contributed by atoms with Crippen molar-refractivity contribution < 1.29 is 18.0 Å². The van der Waals surface area contributed by atoms with Gasteiger partial charge in [0.25, 0.3) is 15.9 Å². The Hall–Kier alpha value is -3.20. The Bertz CT molecular complexity index is 1130. The first kappa shape index (κ1) is 22.5. The highest BCUT2D eigenvalue weighted by atomic mass is 32.2. The monoisotopic (exact) mass is 442 g/mol. The van der Waals surface area contributed by atoms with Crippen molar-refractivity contribution in [1.29, 1.82) is 0 Å². The van der Waals surface area contributed by atoms with Crippen LogP contribution in [-0.2, 0) is 21.4 Å². The van der Waals surface area contributed by atoms with Gasteiger partial charge in [-0.05, 0) is 43.2 Å². The molecular formula is C22H26N4O4S. The van der Waals surface area contributed by atoms with Gasteiger partial charge in [0.15, 0.2) is 5.84 Å². The summed E-state index contributed by atoms with van der Waals surface area (Å²) in [6.07, 6.45) is 0.839. The molecule has 2 aromatic rings. The van der Waals surface area contributed by atoms with Crippen LogP contribution in [0.1, 0.15) is 41.8 Å². The van der Waals surface area contributed by atoms with E-state index in [2.05, 4.69) is 15.0 Å². The lowest BCUT2D eigenvalue weighted by Crippen LogP contribution is -2.38. The number of amides is 2. The molecule has 0 unspecified atom stereocenters. The van der Waals surface area contributed by atoms with E-state index >= 15 is 0 Å². The minimum atomic E-state index is -3.74. The van der Waals surface area contributed by atoms with Crippen LogP contribution in [0.4, 0.5) is 0 Å². The maximum atomic E-state index is 12.4. The molecule has 9 heteroatoms. The first-order valence-corrected chi connectivity index (χ1v) is 11.5. The van der Waals surface area contributed by atoms with Gasteiger partial charge in [0, 0.05) is 30.8 Å². The van der Waals surface area contributed by atoms with Crippen LogP contribution in [0.5, 0.6) is 0 Å². The average Bonchev–Trinajstić information content (AvgIpc) is 3.03. The van der Waals surface area contributed by atoms with Crippen LogP contribution in [0.2, 0.25) is 0 Å². The number of benzene rings is 2. The summed E-state index contributed by atoms with van der Waals surface area (Å²) in [5, 5.41) is 5.71. The van der Waals surface area contributed by atoms with E-state index in [0.717, 1.165) is 12.0 Å². The number of carbonyl (C=O) groups is 2. The van der Waals surface area contributed by atoms with Crippen LogP contribution in [0.3, 0.4) is 0 Å². The van der Waals surface area contributed by atoms with Crippen LogP contribution in [0.25, 0.3) is 0 Å². The quantitative estimate of drug-likeness (QED) is 0.681. The molecule has 0 radical (unpaired) electrons. The summed E-state index contributed by atoms with van der Waals surface area (Å²) in [5.74, 6) is -0.197. The van der Waals surface area contributed by atoms with Crippen LogP contribution in [0.15, 0.2) is 57.8 Å². The molecule has 0 aromatic heterocycles. The molecule has 1 heterocycles. The van der Waals surface area contributed by atoms with Crippen molar-refractivity contribution in [2.24, 2.45) is 4.40 Å².